The van der Waals surface area contributed by atoms with Crippen LogP contribution >= 0.6 is 22.7 Å². The number of benzene rings is 1. The Kier molecular flexibility index (Phi) is 6.53. The van der Waals surface area contributed by atoms with Crippen molar-refractivity contribution >= 4 is 45.4 Å². The van der Waals surface area contributed by atoms with E-state index >= 15 is 0 Å². The van der Waals surface area contributed by atoms with Crippen molar-refractivity contribution in [2.24, 2.45) is 5.92 Å². The predicted molar refractivity (Wildman–Crippen MR) is 128 cm³/mol. The Balaban J connectivity index is 1.52. The smallest absolute Gasteiger partial charge is 0.262 e. The van der Waals surface area contributed by atoms with E-state index in [9.17, 15) is 9.59 Å². The number of carbonyl (C=O) groups is 2. The number of nitrogens with one attached hydrogen (secondary N) is 3. The van der Waals surface area contributed by atoms with Crippen LogP contribution in [0.4, 0.5) is 0 Å². The Morgan fingerprint density at radius 1 is 1.00 bits per heavy atom. The van der Waals surface area contributed by atoms with Crippen molar-refractivity contribution in [3.63, 3.8) is 0 Å². The summed E-state index contributed by atoms with van der Waals surface area (Å²) in [6.07, 6.45) is 2.03. The fourth-order valence-corrected chi connectivity index (χ4v) is 5.18. The van der Waals surface area contributed by atoms with E-state index in [4.69, 9.17) is 0 Å². The monoisotopic (exact) mass is 451 g/mol. The Morgan fingerprint density at radius 3 is 2.48 bits per heavy atom. The highest BCUT2D eigenvalue weighted by molar-refractivity contribution is 7.12. The molecule has 0 fully saturated rings. The molecule has 0 saturated heterocycles. The molecular weight excluding hydrogens is 426 g/mol. The zero-order chi connectivity index (χ0) is 21.8. The minimum atomic E-state index is -0.596. The summed E-state index contributed by atoms with van der Waals surface area (Å²) >= 11 is 3.05. The van der Waals surface area contributed by atoms with Gasteiger partial charge < -0.3 is 15.6 Å². The van der Waals surface area contributed by atoms with E-state index in [1.807, 2.05) is 49.7 Å². The van der Waals surface area contributed by atoms with Crippen molar-refractivity contribution in [2.45, 2.75) is 25.8 Å². The average molecular weight is 452 g/mol. The number of amides is 2. The topological polar surface area (TPSA) is 74.0 Å². The van der Waals surface area contributed by atoms with Crippen LogP contribution < -0.4 is 10.6 Å². The second-order valence-electron chi connectivity index (χ2n) is 7.78. The third-order valence-corrected chi connectivity index (χ3v) is 7.20. The van der Waals surface area contributed by atoms with Crippen LogP contribution in [0.2, 0.25) is 0 Å². The molecular formula is C24H25N3O2S2. The van der Waals surface area contributed by atoms with Crippen molar-refractivity contribution < 1.29 is 9.59 Å². The van der Waals surface area contributed by atoms with Crippen LogP contribution in [0.5, 0.6) is 0 Å². The molecule has 0 bridgehead atoms. The van der Waals surface area contributed by atoms with Gasteiger partial charge in [0.1, 0.15) is 6.04 Å². The number of aromatic amines is 1. The summed E-state index contributed by atoms with van der Waals surface area (Å²) in [6.45, 7) is 4.34. The molecule has 3 heterocycles. The van der Waals surface area contributed by atoms with Crippen molar-refractivity contribution in [1.29, 1.82) is 0 Å². The van der Waals surface area contributed by atoms with Gasteiger partial charge in [0.25, 0.3) is 5.91 Å². The van der Waals surface area contributed by atoms with Gasteiger partial charge >= 0.3 is 0 Å². The van der Waals surface area contributed by atoms with E-state index in [1.165, 1.54) is 16.2 Å². The Labute approximate surface area is 189 Å². The highest BCUT2D eigenvalue weighted by Gasteiger charge is 2.27. The van der Waals surface area contributed by atoms with Crippen LogP contribution in [-0.4, -0.2) is 29.4 Å². The fraction of sp³-hybridized carbons (Fsp3) is 0.250. The lowest BCUT2D eigenvalue weighted by atomic mass is 9.96. The molecule has 4 aromatic rings. The molecule has 0 saturated carbocycles. The molecule has 31 heavy (non-hydrogen) atoms. The van der Waals surface area contributed by atoms with Gasteiger partial charge in [-0.25, -0.2) is 0 Å². The molecule has 4 rings (SSSR count). The van der Waals surface area contributed by atoms with Gasteiger partial charge in [0.2, 0.25) is 5.91 Å². The van der Waals surface area contributed by atoms with Gasteiger partial charge in [-0.3, -0.25) is 9.59 Å². The Hall–Kier alpha value is -2.90. The van der Waals surface area contributed by atoms with Gasteiger partial charge in [-0.15, -0.1) is 22.7 Å². The molecule has 2 atom stereocenters. The third-order valence-electron chi connectivity index (χ3n) is 5.34. The van der Waals surface area contributed by atoms with Crippen molar-refractivity contribution in [3.8, 4) is 0 Å². The summed E-state index contributed by atoms with van der Waals surface area (Å²) < 4.78 is 0. The van der Waals surface area contributed by atoms with Gasteiger partial charge in [-0.2, -0.15) is 0 Å². The quantitative estimate of drug-likeness (QED) is 0.353. The van der Waals surface area contributed by atoms with Crippen LogP contribution in [0, 0.1) is 5.92 Å². The zero-order valence-electron chi connectivity index (χ0n) is 17.4. The van der Waals surface area contributed by atoms with Gasteiger partial charge in [0, 0.05) is 34.4 Å². The normalized spacial score (nSPS) is 13.3. The summed E-state index contributed by atoms with van der Waals surface area (Å²) in [5.74, 6) is -0.380. The Morgan fingerprint density at radius 2 is 1.77 bits per heavy atom. The lowest BCUT2D eigenvalue weighted by Gasteiger charge is -2.23. The van der Waals surface area contributed by atoms with Gasteiger partial charge in [0.15, 0.2) is 0 Å². The first-order valence-corrected chi connectivity index (χ1v) is 12.0. The van der Waals surface area contributed by atoms with E-state index in [0.717, 1.165) is 16.5 Å². The highest BCUT2D eigenvalue weighted by Crippen LogP contribution is 2.32. The molecule has 1 aromatic carbocycles. The largest absolute Gasteiger partial charge is 0.361 e. The molecule has 0 aliphatic heterocycles. The number of thiophene rings is 2. The fourth-order valence-electron chi connectivity index (χ4n) is 3.70. The standard InChI is InChI=1S/C24H25N3O2S2/c1-15(2)22(27-23(28)21-10-6-12-31-21)24(29)26-14-18(20-9-5-11-30-20)17-13-25-19-8-4-3-7-16(17)19/h3-13,15,18,22,25H,14H2,1-2H3,(H,26,29)(H,27,28)/t18-,22+/m0/s1. The van der Waals surface area contributed by atoms with Crippen LogP contribution in [-0.2, 0) is 4.79 Å². The summed E-state index contributed by atoms with van der Waals surface area (Å²) in [5, 5.41) is 11.1. The van der Waals surface area contributed by atoms with Gasteiger partial charge in [-0.05, 0) is 40.4 Å². The number of fused-ring (bicyclic) bond motifs is 1. The first-order chi connectivity index (χ1) is 15.0. The first kappa shape index (κ1) is 21.3. The summed E-state index contributed by atoms with van der Waals surface area (Å²) in [4.78, 5) is 30.7. The Bertz CT molecular complexity index is 1150. The lowest BCUT2D eigenvalue weighted by Crippen LogP contribution is -2.50. The zero-order valence-corrected chi connectivity index (χ0v) is 19.1. The number of rotatable bonds is 8. The number of hydrogen-bond acceptors (Lipinski definition) is 4. The average Bonchev–Trinajstić information content (AvgIpc) is 3.54. The van der Waals surface area contributed by atoms with Crippen molar-refractivity contribution in [2.75, 3.05) is 6.54 Å². The number of hydrogen-bond donors (Lipinski definition) is 3. The number of para-hydroxylation sites is 1. The molecule has 2 amide bonds. The van der Waals surface area contributed by atoms with E-state index in [0.29, 0.717) is 11.4 Å². The minimum absolute atomic E-state index is 0.0286. The van der Waals surface area contributed by atoms with Crippen LogP contribution in [0.15, 0.2) is 65.5 Å². The van der Waals surface area contributed by atoms with Gasteiger partial charge in [-0.1, -0.05) is 44.2 Å². The molecule has 0 radical (unpaired) electrons. The van der Waals surface area contributed by atoms with E-state index in [-0.39, 0.29) is 23.7 Å². The van der Waals surface area contributed by atoms with Crippen molar-refractivity contribution in [1.82, 2.24) is 15.6 Å². The molecule has 0 aliphatic rings. The number of aromatic nitrogens is 1. The maximum atomic E-state index is 13.1. The molecule has 5 nitrogen and oxygen atoms in total. The maximum Gasteiger partial charge on any atom is 0.262 e. The summed E-state index contributed by atoms with van der Waals surface area (Å²) in [6, 6.07) is 15.3. The molecule has 0 spiro atoms. The molecule has 0 aliphatic carbocycles. The van der Waals surface area contributed by atoms with E-state index < -0.39 is 6.04 Å². The summed E-state index contributed by atoms with van der Waals surface area (Å²) in [5.41, 5.74) is 2.23. The number of H-pyrrole nitrogens is 1. The molecule has 0 unspecified atom stereocenters. The van der Waals surface area contributed by atoms with Crippen LogP contribution in [0.25, 0.3) is 10.9 Å². The van der Waals surface area contributed by atoms with E-state index in [2.05, 4.69) is 39.2 Å². The second-order valence-corrected chi connectivity index (χ2v) is 9.70. The first-order valence-electron chi connectivity index (χ1n) is 10.3. The van der Waals surface area contributed by atoms with Crippen LogP contribution in [0.1, 0.15) is 39.9 Å². The number of carbonyl (C=O) groups excluding carboxylic acids is 2. The highest BCUT2D eigenvalue weighted by atomic mass is 32.1. The van der Waals surface area contributed by atoms with E-state index in [1.54, 1.807) is 17.4 Å². The summed E-state index contributed by atoms with van der Waals surface area (Å²) in [7, 11) is 0. The molecule has 3 N–H and O–H groups in total. The molecule has 160 valence electrons. The maximum absolute atomic E-state index is 13.1. The van der Waals surface area contributed by atoms with Crippen molar-refractivity contribution in [3.05, 3.63) is 80.8 Å². The molecule has 7 heteroatoms. The second kappa shape index (κ2) is 9.49. The SMILES string of the molecule is CC(C)[C@@H](NC(=O)c1cccs1)C(=O)NC[C@H](c1cccs1)c1c[nH]c2ccccc12. The minimum Gasteiger partial charge on any atom is -0.361 e. The lowest BCUT2D eigenvalue weighted by molar-refractivity contribution is -0.123. The predicted octanol–water partition coefficient (Wildman–Crippen LogP) is 4.99. The van der Waals surface area contributed by atoms with Gasteiger partial charge in [0.05, 0.1) is 4.88 Å². The van der Waals surface area contributed by atoms with Crippen LogP contribution in [0.3, 0.4) is 0 Å². The third kappa shape index (κ3) is 4.73. The molecule has 3 aromatic heterocycles.